The minimum Gasteiger partial charge on any atom is -0.494 e. The molecule has 0 aliphatic heterocycles. The minimum absolute atomic E-state index is 0.0896. The SMILES string of the molecule is CCCC(C)(N)C(=O)NCCc1ccccc1OCC. The Morgan fingerprint density at radius 2 is 2.05 bits per heavy atom. The summed E-state index contributed by atoms with van der Waals surface area (Å²) in [7, 11) is 0. The molecule has 1 aromatic rings. The zero-order valence-electron chi connectivity index (χ0n) is 12.7. The van der Waals surface area contributed by atoms with E-state index in [1.807, 2.05) is 38.1 Å². The Morgan fingerprint density at radius 1 is 1.35 bits per heavy atom. The Hall–Kier alpha value is -1.55. The van der Waals surface area contributed by atoms with Gasteiger partial charge in [-0.1, -0.05) is 31.5 Å². The van der Waals surface area contributed by atoms with Gasteiger partial charge >= 0.3 is 0 Å². The van der Waals surface area contributed by atoms with Crippen molar-refractivity contribution in [3.8, 4) is 5.75 Å². The van der Waals surface area contributed by atoms with E-state index < -0.39 is 5.54 Å². The van der Waals surface area contributed by atoms with Crippen LogP contribution < -0.4 is 15.8 Å². The number of amides is 1. The lowest BCUT2D eigenvalue weighted by atomic mass is 9.96. The molecule has 20 heavy (non-hydrogen) atoms. The van der Waals surface area contributed by atoms with Crippen LogP contribution in [0.15, 0.2) is 24.3 Å². The predicted octanol–water partition coefficient (Wildman–Crippen LogP) is 2.26. The maximum atomic E-state index is 12.0. The van der Waals surface area contributed by atoms with Gasteiger partial charge in [-0.15, -0.1) is 0 Å². The van der Waals surface area contributed by atoms with Gasteiger partial charge in [0.2, 0.25) is 5.91 Å². The highest BCUT2D eigenvalue weighted by Gasteiger charge is 2.26. The first-order valence-corrected chi connectivity index (χ1v) is 7.29. The van der Waals surface area contributed by atoms with Gasteiger partial charge < -0.3 is 15.8 Å². The third-order valence-corrected chi connectivity index (χ3v) is 3.24. The van der Waals surface area contributed by atoms with Crippen molar-refractivity contribution in [1.82, 2.24) is 5.32 Å². The van der Waals surface area contributed by atoms with Crippen LogP contribution in [0, 0.1) is 0 Å². The molecule has 1 atom stereocenters. The standard InChI is InChI=1S/C16H26N2O2/c1-4-11-16(3,17)15(19)18-12-10-13-8-6-7-9-14(13)20-5-2/h6-9H,4-5,10-12,17H2,1-3H3,(H,18,19). The van der Waals surface area contributed by atoms with Crippen molar-refractivity contribution >= 4 is 5.91 Å². The number of ether oxygens (including phenoxy) is 1. The van der Waals surface area contributed by atoms with E-state index in [1.54, 1.807) is 6.92 Å². The van der Waals surface area contributed by atoms with E-state index in [1.165, 1.54) is 0 Å². The van der Waals surface area contributed by atoms with Gasteiger partial charge in [0.15, 0.2) is 0 Å². The quantitative estimate of drug-likeness (QED) is 0.766. The average Bonchev–Trinajstić information content (AvgIpc) is 2.40. The summed E-state index contributed by atoms with van der Waals surface area (Å²) in [6.45, 7) is 6.97. The second-order valence-electron chi connectivity index (χ2n) is 5.21. The van der Waals surface area contributed by atoms with Gasteiger partial charge in [-0.3, -0.25) is 4.79 Å². The molecule has 0 aromatic heterocycles. The molecule has 0 heterocycles. The molecular formula is C16H26N2O2. The molecule has 0 aliphatic rings. The zero-order valence-corrected chi connectivity index (χ0v) is 12.7. The lowest BCUT2D eigenvalue weighted by molar-refractivity contribution is -0.126. The van der Waals surface area contributed by atoms with Crippen LogP contribution in [0.4, 0.5) is 0 Å². The molecule has 0 radical (unpaired) electrons. The Morgan fingerprint density at radius 3 is 2.70 bits per heavy atom. The van der Waals surface area contributed by atoms with Crippen molar-refractivity contribution in [3.63, 3.8) is 0 Å². The van der Waals surface area contributed by atoms with Crippen LogP contribution in [-0.4, -0.2) is 24.6 Å². The number of hydrogen-bond donors (Lipinski definition) is 2. The first kappa shape index (κ1) is 16.5. The maximum absolute atomic E-state index is 12.0. The van der Waals surface area contributed by atoms with Crippen LogP contribution in [0.3, 0.4) is 0 Å². The number of carbonyl (C=O) groups is 1. The van der Waals surface area contributed by atoms with Crippen LogP contribution >= 0.6 is 0 Å². The zero-order chi connectivity index (χ0) is 15.0. The molecular weight excluding hydrogens is 252 g/mol. The molecule has 3 N–H and O–H groups in total. The van der Waals surface area contributed by atoms with Gasteiger partial charge in [-0.2, -0.15) is 0 Å². The molecule has 0 spiro atoms. The number of carbonyl (C=O) groups excluding carboxylic acids is 1. The lowest BCUT2D eigenvalue weighted by Crippen LogP contribution is -2.51. The fourth-order valence-corrected chi connectivity index (χ4v) is 2.15. The molecule has 1 rings (SSSR count). The van der Waals surface area contributed by atoms with E-state index in [9.17, 15) is 4.79 Å². The Labute approximate surface area is 121 Å². The summed E-state index contributed by atoms with van der Waals surface area (Å²) >= 11 is 0. The van der Waals surface area contributed by atoms with Gasteiger partial charge in [0.1, 0.15) is 5.75 Å². The van der Waals surface area contributed by atoms with Crippen LogP contribution in [0.25, 0.3) is 0 Å². The Balaban J connectivity index is 2.50. The molecule has 4 nitrogen and oxygen atoms in total. The molecule has 0 bridgehead atoms. The fraction of sp³-hybridized carbons (Fsp3) is 0.562. The number of para-hydroxylation sites is 1. The van der Waals surface area contributed by atoms with Crippen molar-refractivity contribution in [3.05, 3.63) is 29.8 Å². The van der Waals surface area contributed by atoms with E-state index in [-0.39, 0.29) is 5.91 Å². The number of hydrogen-bond acceptors (Lipinski definition) is 3. The summed E-state index contributed by atoms with van der Waals surface area (Å²) in [6, 6.07) is 7.89. The van der Waals surface area contributed by atoms with Crippen molar-refractivity contribution in [2.45, 2.75) is 45.6 Å². The summed E-state index contributed by atoms with van der Waals surface area (Å²) in [5, 5.41) is 2.91. The number of nitrogens with two attached hydrogens (primary N) is 1. The molecule has 4 heteroatoms. The van der Waals surface area contributed by atoms with Gasteiger partial charge in [-0.05, 0) is 38.3 Å². The van der Waals surface area contributed by atoms with E-state index in [2.05, 4.69) is 5.32 Å². The molecule has 0 saturated heterocycles. The van der Waals surface area contributed by atoms with E-state index >= 15 is 0 Å². The molecule has 112 valence electrons. The first-order chi connectivity index (χ1) is 9.51. The number of nitrogens with one attached hydrogen (secondary N) is 1. The Kier molecular flexibility index (Phi) is 6.52. The topological polar surface area (TPSA) is 64.4 Å². The lowest BCUT2D eigenvalue weighted by Gasteiger charge is -2.23. The summed E-state index contributed by atoms with van der Waals surface area (Å²) in [5.41, 5.74) is 6.31. The first-order valence-electron chi connectivity index (χ1n) is 7.29. The van der Waals surface area contributed by atoms with Crippen molar-refractivity contribution < 1.29 is 9.53 Å². The number of benzene rings is 1. The molecule has 1 amide bonds. The average molecular weight is 278 g/mol. The normalized spacial score (nSPS) is 13.6. The summed E-state index contributed by atoms with van der Waals surface area (Å²) < 4.78 is 5.56. The van der Waals surface area contributed by atoms with E-state index in [0.717, 1.165) is 24.2 Å². The molecule has 0 aliphatic carbocycles. The monoisotopic (exact) mass is 278 g/mol. The summed E-state index contributed by atoms with van der Waals surface area (Å²) in [5.74, 6) is 0.793. The third kappa shape index (κ3) is 4.85. The van der Waals surface area contributed by atoms with Gasteiger partial charge in [0, 0.05) is 6.54 Å². The van der Waals surface area contributed by atoms with Crippen molar-refractivity contribution in [2.24, 2.45) is 5.73 Å². The van der Waals surface area contributed by atoms with Crippen LogP contribution in [0.2, 0.25) is 0 Å². The maximum Gasteiger partial charge on any atom is 0.239 e. The molecule has 0 fully saturated rings. The third-order valence-electron chi connectivity index (χ3n) is 3.24. The van der Waals surface area contributed by atoms with E-state index in [4.69, 9.17) is 10.5 Å². The summed E-state index contributed by atoms with van der Waals surface area (Å²) in [4.78, 5) is 12.0. The van der Waals surface area contributed by atoms with Crippen LogP contribution in [-0.2, 0) is 11.2 Å². The van der Waals surface area contributed by atoms with Crippen molar-refractivity contribution in [2.75, 3.05) is 13.2 Å². The van der Waals surface area contributed by atoms with E-state index in [0.29, 0.717) is 19.6 Å². The largest absolute Gasteiger partial charge is 0.494 e. The highest BCUT2D eigenvalue weighted by molar-refractivity contribution is 5.85. The van der Waals surface area contributed by atoms with Crippen LogP contribution in [0.5, 0.6) is 5.75 Å². The predicted molar refractivity (Wildman–Crippen MR) is 81.8 cm³/mol. The molecule has 1 aromatic carbocycles. The second-order valence-corrected chi connectivity index (χ2v) is 5.21. The second kappa shape index (κ2) is 7.90. The molecule has 0 saturated carbocycles. The summed E-state index contributed by atoms with van der Waals surface area (Å²) in [6.07, 6.45) is 2.33. The highest BCUT2D eigenvalue weighted by Crippen LogP contribution is 2.18. The van der Waals surface area contributed by atoms with Gasteiger partial charge in [-0.25, -0.2) is 0 Å². The number of rotatable bonds is 8. The Bertz CT molecular complexity index is 430. The molecule has 1 unspecified atom stereocenters. The highest BCUT2D eigenvalue weighted by atomic mass is 16.5. The fourth-order valence-electron chi connectivity index (χ4n) is 2.15. The van der Waals surface area contributed by atoms with Gasteiger partial charge in [0.05, 0.1) is 12.1 Å². The van der Waals surface area contributed by atoms with Gasteiger partial charge in [0.25, 0.3) is 0 Å². The van der Waals surface area contributed by atoms with Crippen LogP contribution in [0.1, 0.15) is 39.2 Å². The van der Waals surface area contributed by atoms with Crippen molar-refractivity contribution in [1.29, 1.82) is 0 Å². The minimum atomic E-state index is -0.784. The smallest absolute Gasteiger partial charge is 0.239 e.